The molecule has 21 heavy (non-hydrogen) atoms. The molecule has 0 saturated carbocycles. The molecular weight excluding hydrogens is 284 g/mol. The summed E-state index contributed by atoms with van der Waals surface area (Å²) in [7, 11) is 0. The summed E-state index contributed by atoms with van der Waals surface area (Å²) in [5, 5.41) is 0.551. The Balaban J connectivity index is 2.79. The number of carbonyl (C=O) groups is 1. The standard InChI is InChI=1S/C17H27ClN2O/c1-3-5-7-11-20(12-8-6-4-2)17(21)15-13-14(18)9-10-16(15)19/h9-10,13H,3-8,11-12,19H2,1-2H3. The predicted octanol–water partition coefficient (Wildman–Crippen LogP) is 4.74. The Morgan fingerprint density at radius 3 is 2.19 bits per heavy atom. The van der Waals surface area contributed by atoms with Crippen molar-refractivity contribution in [2.75, 3.05) is 18.8 Å². The van der Waals surface area contributed by atoms with Crippen molar-refractivity contribution in [2.24, 2.45) is 0 Å². The lowest BCUT2D eigenvalue weighted by atomic mass is 10.1. The number of benzene rings is 1. The minimum Gasteiger partial charge on any atom is -0.398 e. The average molecular weight is 311 g/mol. The van der Waals surface area contributed by atoms with E-state index in [9.17, 15) is 4.79 Å². The number of amides is 1. The zero-order valence-electron chi connectivity index (χ0n) is 13.2. The minimum absolute atomic E-state index is 0.00204. The van der Waals surface area contributed by atoms with Crippen LogP contribution in [0.4, 0.5) is 5.69 Å². The summed E-state index contributed by atoms with van der Waals surface area (Å²) in [6, 6.07) is 5.09. The molecule has 0 fully saturated rings. The van der Waals surface area contributed by atoms with Gasteiger partial charge in [-0.15, -0.1) is 0 Å². The van der Waals surface area contributed by atoms with Crippen LogP contribution in [-0.2, 0) is 0 Å². The number of hydrogen-bond donors (Lipinski definition) is 1. The molecule has 1 aromatic rings. The molecule has 0 saturated heterocycles. The van der Waals surface area contributed by atoms with Crippen LogP contribution in [0.3, 0.4) is 0 Å². The molecule has 2 N–H and O–H groups in total. The second kappa shape index (κ2) is 9.67. The van der Waals surface area contributed by atoms with Crippen molar-refractivity contribution in [3.8, 4) is 0 Å². The summed E-state index contributed by atoms with van der Waals surface area (Å²) in [6.45, 7) is 5.92. The van der Waals surface area contributed by atoms with E-state index in [1.807, 2.05) is 4.90 Å². The van der Waals surface area contributed by atoms with Crippen LogP contribution in [0.25, 0.3) is 0 Å². The molecule has 1 amide bonds. The topological polar surface area (TPSA) is 46.3 Å². The molecule has 0 aliphatic rings. The van der Waals surface area contributed by atoms with Crippen molar-refractivity contribution in [1.82, 2.24) is 4.90 Å². The van der Waals surface area contributed by atoms with Crippen LogP contribution < -0.4 is 5.73 Å². The van der Waals surface area contributed by atoms with Gasteiger partial charge in [0.2, 0.25) is 0 Å². The van der Waals surface area contributed by atoms with Crippen LogP contribution in [0.5, 0.6) is 0 Å². The molecule has 118 valence electrons. The van der Waals surface area contributed by atoms with Crippen molar-refractivity contribution in [3.63, 3.8) is 0 Å². The van der Waals surface area contributed by atoms with Gasteiger partial charge in [-0.25, -0.2) is 0 Å². The number of carbonyl (C=O) groups excluding carboxylic acids is 1. The first kappa shape index (κ1) is 17.8. The third-order valence-electron chi connectivity index (χ3n) is 3.60. The lowest BCUT2D eigenvalue weighted by Crippen LogP contribution is -2.33. The number of nitrogens with zero attached hydrogens (tertiary/aromatic N) is 1. The van der Waals surface area contributed by atoms with E-state index < -0.39 is 0 Å². The average Bonchev–Trinajstić information content (AvgIpc) is 2.48. The van der Waals surface area contributed by atoms with Gasteiger partial charge in [0.15, 0.2) is 0 Å². The number of rotatable bonds is 9. The van der Waals surface area contributed by atoms with E-state index in [2.05, 4.69) is 13.8 Å². The minimum atomic E-state index is 0.00204. The van der Waals surface area contributed by atoms with Gasteiger partial charge in [-0.3, -0.25) is 4.79 Å². The zero-order valence-corrected chi connectivity index (χ0v) is 14.0. The first-order valence-corrected chi connectivity index (χ1v) is 8.32. The second-order valence-electron chi connectivity index (χ2n) is 5.44. The van der Waals surface area contributed by atoms with Gasteiger partial charge in [-0.1, -0.05) is 51.1 Å². The Morgan fingerprint density at radius 1 is 1.10 bits per heavy atom. The van der Waals surface area contributed by atoms with Gasteiger partial charge in [0.1, 0.15) is 0 Å². The zero-order chi connectivity index (χ0) is 15.7. The molecule has 0 aromatic heterocycles. The van der Waals surface area contributed by atoms with E-state index in [-0.39, 0.29) is 5.91 Å². The quantitative estimate of drug-likeness (QED) is 0.528. The smallest absolute Gasteiger partial charge is 0.255 e. The van der Waals surface area contributed by atoms with E-state index in [0.717, 1.165) is 51.6 Å². The van der Waals surface area contributed by atoms with Gasteiger partial charge >= 0.3 is 0 Å². The van der Waals surface area contributed by atoms with Gasteiger partial charge in [0, 0.05) is 23.8 Å². The van der Waals surface area contributed by atoms with Crippen molar-refractivity contribution in [3.05, 3.63) is 28.8 Å². The predicted molar refractivity (Wildman–Crippen MR) is 90.8 cm³/mol. The number of nitrogens with two attached hydrogens (primary N) is 1. The number of unbranched alkanes of at least 4 members (excludes halogenated alkanes) is 4. The molecule has 0 radical (unpaired) electrons. The molecule has 0 unspecified atom stereocenters. The van der Waals surface area contributed by atoms with Crippen LogP contribution in [0.2, 0.25) is 5.02 Å². The molecule has 1 rings (SSSR count). The van der Waals surface area contributed by atoms with Gasteiger partial charge in [0.25, 0.3) is 5.91 Å². The van der Waals surface area contributed by atoms with Crippen LogP contribution in [0.15, 0.2) is 18.2 Å². The van der Waals surface area contributed by atoms with Crippen molar-refractivity contribution in [2.45, 2.75) is 52.4 Å². The summed E-state index contributed by atoms with van der Waals surface area (Å²) in [5.41, 5.74) is 6.96. The summed E-state index contributed by atoms with van der Waals surface area (Å²) < 4.78 is 0. The van der Waals surface area contributed by atoms with E-state index in [4.69, 9.17) is 17.3 Å². The van der Waals surface area contributed by atoms with E-state index >= 15 is 0 Å². The molecule has 1 aromatic carbocycles. The fourth-order valence-corrected chi connectivity index (χ4v) is 2.48. The largest absolute Gasteiger partial charge is 0.398 e. The third-order valence-corrected chi connectivity index (χ3v) is 3.83. The van der Waals surface area contributed by atoms with Crippen molar-refractivity contribution in [1.29, 1.82) is 0 Å². The van der Waals surface area contributed by atoms with Crippen LogP contribution in [0, 0.1) is 0 Å². The van der Waals surface area contributed by atoms with Gasteiger partial charge in [-0.2, -0.15) is 0 Å². The number of anilines is 1. The van der Waals surface area contributed by atoms with Crippen LogP contribution >= 0.6 is 11.6 Å². The highest BCUT2D eigenvalue weighted by Crippen LogP contribution is 2.20. The number of halogens is 1. The van der Waals surface area contributed by atoms with E-state index in [1.165, 1.54) is 0 Å². The third kappa shape index (κ3) is 5.96. The number of hydrogen-bond acceptors (Lipinski definition) is 2. The van der Waals surface area contributed by atoms with Gasteiger partial charge in [0.05, 0.1) is 5.56 Å². The SMILES string of the molecule is CCCCCN(CCCCC)C(=O)c1cc(Cl)ccc1N. The Morgan fingerprint density at radius 2 is 1.67 bits per heavy atom. The normalized spacial score (nSPS) is 10.6. The maximum Gasteiger partial charge on any atom is 0.255 e. The molecule has 0 atom stereocenters. The summed E-state index contributed by atoms with van der Waals surface area (Å²) >= 11 is 5.99. The fourth-order valence-electron chi connectivity index (χ4n) is 2.30. The van der Waals surface area contributed by atoms with Crippen molar-refractivity contribution >= 4 is 23.2 Å². The maximum atomic E-state index is 12.7. The monoisotopic (exact) mass is 310 g/mol. The van der Waals surface area contributed by atoms with Gasteiger partial charge < -0.3 is 10.6 Å². The maximum absolute atomic E-state index is 12.7. The van der Waals surface area contributed by atoms with E-state index in [0.29, 0.717) is 16.3 Å². The Kier molecular flexibility index (Phi) is 8.21. The van der Waals surface area contributed by atoms with Gasteiger partial charge in [-0.05, 0) is 31.0 Å². The lowest BCUT2D eigenvalue weighted by molar-refractivity contribution is 0.0750. The summed E-state index contributed by atoms with van der Waals surface area (Å²) in [5.74, 6) is 0.00204. The molecule has 4 heteroatoms. The first-order valence-electron chi connectivity index (χ1n) is 7.94. The Bertz CT molecular complexity index is 438. The molecule has 0 spiro atoms. The Labute approximate surface area is 133 Å². The fraction of sp³-hybridized carbons (Fsp3) is 0.588. The Hall–Kier alpha value is -1.22. The number of nitrogen functional groups attached to an aromatic ring is 1. The molecule has 0 aliphatic heterocycles. The molecule has 0 aliphatic carbocycles. The summed E-state index contributed by atoms with van der Waals surface area (Å²) in [4.78, 5) is 14.6. The highest BCUT2D eigenvalue weighted by atomic mass is 35.5. The molecule has 0 heterocycles. The molecule has 0 bridgehead atoms. The van der Waals surface area contributed by atoms with Crippen molar-refractivity contribution < 1.29 is 4.79 Å². The highest BCUT2D eigenvalue weighted by Gasteiger charge is 2.17. The first-order chi connectivity index (χ1) is 10.1. The molecule has 3 nitrogen and oxygen atoms in total. The lowest BCUT2D eigenvalue weighted by Gasteiger charge is -2.23. The van der Waals surface area contributed by atoms with Crippen LogP contribution in [-0.4, -0.2) is 23.9 Å². The van der Waals surface area contributed by atoms with E-state index in [1.54, 1.807) is 18.2 Å². The highest BCUT2D eigenvalue weighted by molar-refractivity contribution is 6.31. The molecular formula is C17H27ClN2O. The summed E-state index contributed by atoms with van der Waals surface area (Å²) in [6.07, 6.45) is 6.65. The van der Waals surface area contributed by atoms with Crippen LogP contribution in [0.1, 0.15) is 62.7 Å². The second-order valence-corrected chi connectivity index (χ2v) is 5.87.